The second-order valence-corrected chi connectivity index (χ2v) is 10.4. The van der Waals surface area contributed by atoms with E-state index in [2.05, 4.69) is 14.6 Å². The fourth-order valence-electron chi connectivity index (χ4n) is 5.68. The van der Waals surface area contributed by atoms with E-state index in [1.165, 1.54) is 19.2 Å². The first kappa shape index (κ1) is 29.6. The molecule has 2 aromatic carbocycles. The molecule has 1 saturated heterocycles. The van der Waals surface area contributed by atoms with Crippen LogP contribution in [-0.4, -0.2) is 62.0 Å². The fourth-order valence-corrected chi connectivity index (χ4v) is 5.68. The molecule has 0 N–H and O–H groups in total. The molecule has 1 fully saturated rings. The Balaban J connectivity index is 1.51. The third-order valence-corrected chi connectivity index (χ3v) is 7.62. The molecule has 5 rings (SSSR count). The van der Waals surface area contributed by atoms with Crippen LogP contribution in [0.2, 0.25) is 0 Å². The number of aryl methyl sites for hydroxylation is 1. The molecule has 1 aliphatic carbocycles. The van der Waals surface area contributed by atoms with Crippen LogP contribution in [0, 0.1) is 5.82 Å². The molecule has 0 saturated carbocycles. The molecular weight excluding hydrogens is 552 g/mol. The number of aromatic nitrogens is 1. The molecule has 0 bridgehead atoms. The number of nitrogens with zero attached hydrogens (tertiary/aromatic N) is 2. The maximum atomic E-state index is 14.8. The third kappa shape index (κ3) is 6.75. The standard InChI is InChI=1S/C32H32F4N2O4/c1-40-31(39)22-6-9-26-20(16-22)4-2-5-25(21-7-10-28(27(34)17-21)42-32(35)36)30(26)23-8-11-29(37-18-23)41-24-12-15-38(19-24)14-3-13-33/h6-11,16-18,24,32H,2-5,12-15,19H2,1H3/t24-/m0/s1. The van der Waals surface area contributed by atoms with Crippen LogP contribution in [0.5, 0.6) is 11.6 Å². The van der Waals surface area contributed by atoms with Crippen LogP contribution in [-0.2, 0) is 11.2 Å². The van der Waals surface area contributed by atoms with Crippen LogP contribution < -0.4 is 9.47 Å². The Morgan fingerprint density at radius 1 is 1.10 bits per heavy atom. The van der Waals surface area contributed by atoms with E-state index in [1.54, 1.807) is 24.4 Å². The number of esters is 1. The summed E-state index contributed by atoms with van der Waals surface area (Å²) in [7, 11) is 1.33. The van der Waals surface area contributed by atoms with Crippen molar-refractivity contribution < 1.29 is 36.6 Å². The van der Waals surface area contributed by atoms with E-state index in [1.807, 2.05) is 18.2 Å². The molecule has 0 unspecified atom stereocenters. The number of allylic oxidation sites excluding steroid dienone is 1. The lowest BCUT2D eigenvalue weighted by atomic mass is 9.88. The Labute approximate surface area is 241 Å². The molecule has 2 heterocycles. The lowest BCUT2D eigenvalue weighted by Crippen LogP contribution is -2.26. The van der Waals surface area contributed by atoms with Gasteiger partial charge in [-0.25, -0.2) is 14.2 Å². The number of alkyl halides is 3. The van der Waals surface area contributed by atoms with Crippen molar-refractivity contribution in [3.63, 3.8) is 0 Å². The molecule has 10 heteroatoms. The first-order valence-corrected chi connectivity index (χ1v) is 14.0. The largest absolute Gasteiger partial charge is 0.473 e. The van der Waals surface area contributed by atoms with Crippen LogP contribution in [0.25, 0.3) is 11.1 Å². The van der Waals surface area contributed by atoms with E-state index in [0.29, 0.717) is 55.8 Å². The number of halogens is 4. The minimum Gasteiger partial charge on any atom is -0.473 e. The molecule has 2 aliphatic rings. The van der Waals surface area contributed by atoms with Gasteiger partial charge in [0.15, 0.2) is 11.6 Å². The third-order valence-electron chi connectivity index (χ3n) is 7.62. The van der Waals surface area contributed by atoms with Crippen LogP contribution in [0.1, 0.15) is 58.3 Å². The minimum atomic E-state index is -3.14. The van der Waals surface area contributed by atoms with Gasteiger partial charge in [0.05, 0.1) is 19.3 Å². The van der Waals surface area contributed by atoms with Crippen molar-refractivity contribution in [1.82, 2.24) is 9.88 Å². The molecule has 1 aromatic heterocycles. The molecule has 0 amide bonds. The number of fused-ring (bicyclic) bond motifs is 1. The highest BCUT2D eigenvalue weighted by Gasteiger charge is 2.25. The van der Waals surface area contributed by atoms with Crippen molar-refractivity contribution in [2.75, 3.05) is 33.4 Å². The molecule has 42 heavy (non-hydrogen) atoms. The zero-order valence-electron chi connectivity index (χ0n) is 23.3. The SMILES string of the molecule is COC(=O)c1ccc2c(c1)CCCC(c1ccc(OC(F)F)c(F)c1)=C2c1ccc(O[C@H]2CCN(CCCF)C2)nc1. The normalized spacial score (nSPS) is 17.2. The summed E-state index contributed by atoms with van der Waals surface area (Å²) in [6.07, 6.45) is 4.95. The Morgan fingerprint density at radius 2 is 1.93 bits per heavy atom. The average molecular weight is 585 g/mol. The number of benzene rings is 2. The second kappa shape index (κ2) is 13.4. The Morgan fingerprint density at radius 3 is 2.64 bits per heavy atom. The van der Waals surface area contributed by atoms with Gasteiger partial charge >= 0.3 is 12.6 Å². The number of carbonyl (C=O) groups is 1. The summed E-state index contributed by atoms with van der Waals surface area (Å²) in [5, 5.41) is 0. The van der Waals surface area contributed by atoms with Crippen molar-refractivity contribution in [1.29, 1.82) is 0 Å². The fraction of sp³-hybridized carbons (Fsp3) is 0.375. The summed E-state index contributed by atoms with van der Waals surface area (Å²) in [4.78, 5) is 19.0. The van der Waals surface area contributed by atoms with Gasteiger partial charge in [-0.1, -0.05) is 12.1 Å². The Kier molecular flexibility index (Phi) is 9.41. The summed E-state index contributed by atoms with van der Waals surface area (Å²) >= 11 is 0. The van der Waals surface area contributed by atoms with Gasteiger partial charge in [-0.15, -0.1) is 0 Å². The minimum absolute atomic E-state index is 0.0370. The molecular formula is C32H32F4N2O4. The van der Waals surface area contributed by atoms with Gasteiger partial charge in [-0.3, -0.25) is 9.29 Å². The maximum Gasteiger partial charge on any atom is 0.387 e. The van der Waals surface area contributed by atoms with Crippen molar-refractivity contribution in [3.05, 3.63) is 88.4 Å². The van der Waals surface area contributed by atoms with Crippen LogP contribution >= 0.6 is 0 Å². The van der Waals surface area contributed by atoms with Gasteiger partial charge in [-0.05, 0) is 90.3 Å². The highest BCUT2D eigenvalue weighted by Crippen LogP contribution is 2.41. The zero-order chi connectivity index (χ0) is 29.6. The summed E-state index contributed by atoms with van der Waals surface area (Å²) in [5.74, 6) is -1.38. The number of ether oxygens (including phenoxy) is 3. The second-order valence-electron chi connectivity index (χ2n) is 10.4. The van der Waals surface area contributed by atoms with Crippen LogP contribution in [0.3, 0.4) is 0 Å². The molecule has 3 aromatic rings. The van der Waals surface area contributed by atoms with E-state index < -0.39 is 24.1 Å². The van der Waals surface area contributed by atoms with Gasteiger partial charge in [0.1, 0.15) is 6.10 Å². The van der Waals surface area contributed by atoms with Crippen LogP contribution in [0.15, 0.2) is 54.7 Å². The van der Waals surface area contributed by atoms with Crippen LogP contribution in [0.4, 0.5) is 17.6 Å². The average Bonchev–Trinajstić information content (AvgIpc) is 3.34. The van der Waals surface area contributed by atoms with Crippen molar-refractivity contribution in [2.24, 2.45) is 0 Å². The number of methoxy groups -OCH3 is 1. The number of rotatable bonds is 10. The topological polar surface area (TPSA) is 60.9 Å². The van der Waals surface area contributed by atoms with Gasteiger partial charge in [0.25, 0.3) is 0 Å². The van der Waals surface area contributed by atoms with E-state index in [9.17, 15) is 22.4 Å². The smallest absolute Gasteiger partial charge is 0.387 e. The van der Waals surface area contributed by atoms with E-state index in [-0.39, 0.29) is 12.8 Å². The predicted octanol–water partition coefficient (Wildman–Crippen LogP) is 6.72. The molecule has 0 radical (unpaired) electrons. The molecule has 222 valence electrons. The first-order chi connectivity index (χ1) is 20.4. The van der Waals surface area contributed by atoms with E-state index in [4.69, 9.17) is 9.47 Å². The summed E-state index contributed by atoms with van der Waals surface area (Å²) in [6.45, 7) is -1.21. The van der Waals surface area contributed by atoms with Gasteiger partial charge < -0.3 is 14.2 Å². The number of likely N-dealkylation sites (tertiary alicyclic amines) is 1. The molecule has 1 atom stereocenters. The lowest BCUT2D eigenvalue weighted by Gasteiger charge is -2.18. The monoisotopic (exact) mass is 584 g/mol. The lowest BCUT2D eigenvalue weighted by molar-refractivity contribution is -0.0522. The Bertz CT molecular complexity index is 1440. The predicted molar refractivity (Wildman–Crippen MR) is 150 cm³/mol. The highest BCUT2D eigenvalue weighted by molar-refractivity contribution is 6.00. The molecule has 1 aliphatic heterocycles. The highest BCUT2D eigenvalue weighted by atomic mass is 19.3. The van der Waals surface area contributed by atoms with Gasteiger partial charge in [0, 0.05) is 37.5 Å². The molecule has 6 nitrogen and oxygen atoms in total. The number of hydrogen-bond donors (Lipinski definition) is 0. The van der Waals surface area contributed by atoms with Crippen molar-refractivity contribution in [2.45, 2.75) is 44.8 Å². The summed E-state index contributed by atoms with van der Waals surface area (Å²) in [5.41, 5.74) is 5.13. The quantitative estimate of drug-likeness (QED) is 0.195. The van der Waals surface area contributed by atoms with E-state index >= 15 is 0 Å². The van der Waals surface area contributed by atoms with E-state index in [0.717, 1.165) is 40.8 Å². The number of carbonyl (C=O) groups excluding carboxylic acids is 1. The first-order valence-electron chi connectivity index (χ1n) is 14.0. The maximum absolute atomic E-state index is 14.8. The van der Waals surface area contributed by atoms with Crippen molar-refractivity contribution >= 4 is 17.1 Å². The molecule has 0 spiro atoms. The van der Waals surface area contributed by atoms with Gasteiger partial charge in [-0.2, -0.15) is 8.78 Å². The zero-order valence-corrected chi connectivity index (χ0v) is 23.3. The Hall–Kier alpha value is -3.92. The summed E-state index contributed by atoms with van der Waals surface area (Å²) in [6, 6.07) is 13.0. The number of pyridine rings is 1. The summed E-state index contributed by atoms with van der Waals surface area (Å²) < 4.78 is 68.2. The van der Waals surface area contributed by atoms with Gasteiger partial charge in [0.2, 0.25) is 5.88 Å². The number of hydrogen-bond acceptors (Lipinski definition) is 6. The van der Waals surface area contributed by atoms with Crippen molar-refractivity contribution in [3.8, 4) is 11.6 Å².